The van der Waals surface area contributed by atoms with Crippen molar-refractivity contribution in [2.45, 2.75) is 33.2 Å². The summed E-state index contributed by atoms with van der Waals surface area (Å²) >= 11 is 3.44. The molecule has 2 rings (SSSR count). The molecule has 0 aliphatic rings. The summed E-state index contributed by atoms with van der Waals surface area (Å²) in [5.41, 5.74) is 1.11. The van der Waals surface area contributed by atoms with Gasteiger partial charge >= 0.3 is 0 Å². The molecule has 5 nitrogen and oxygen atoms in total. The smallest absolute Gasteiger partial charge is 0.191 e. The van der Waals surface area contributed by atoms with Crippen molar-refractivity contribution in [2.75, 3.05) is 13.6 Å². The number of halogens is 1. The number of rotatable bonds is 6. The molecule has 0 aliphatic heterocycles. The van der Waals surface area contributed by atoms with E-state index in [-0.39, 0.29) is 24.0 Å². The predicted molar refractivity (Wildman–Crippen MR) is 106 cm³/mol. The highest BCUT2D eigenvalue weighted by molar-refractivity contribution is 14.0. The normalized spacial score (nSPS) is 11.1. The van der Waals surface area contributed by atoms with Crippen molar-refractivity contribution < 1.29 is 0 Å². The van der Waals surface area contributed by atoms with Gasteiger partial charge in [0.25, 0.3) is 0 Å². The Morgan fingerprint density at radius 2 is 2.09 bits per heavy atom. The quantitative estimate of drug-likeness (QED) is 0.307. The van der Waals surface area contributed by atoms with Crippen LogP contribution in [0.1, 0.15) is 27.0 Å². The van der Waals surface area contributed by atoms with Crippen LogP contribution in [0.15, 0.2) is 16.6 Å². The summed E-state index contributed by atoms with van der Waals surface area (Å²) in [6, 6.07) is 0. The van der Waals surface area contributed by atoms with Gasteiger partial charge in [-0.1, -0.05) is 0 Å². The maximum atomic E-state index is 4.46. The number of nitrogens with one attached hydrogen (secondary N) is 2. The van der Waals surface area contributed by atoms with E-state index >= 15 is 0 Å². The Morgan fingerprint density at radius 3 is 2.68 bits per heavy atom. The molecule has 0 fully saturated rings. The van der Waals surface area contributed by atoms with Crippen LogP contribution in [0.3, 0.4) is 0 Å². The van der Waals surface area contributed by atoms with E-state index in [1.165, 1.54) is 9.88 Å². The summed E-state index contributed by atoms with van der Waals surface area (Å²) in [5.74, 6) is 0.818. The average molecular weight is 451 g/mol. The van der Waals surface area contributed by atoms with Gasteiger partial charge in [-0.2, -0.15) is 0 Å². The van der Waals surface area contributed by atoms with Crippen LogP contribution in [0.2, 0.25) is 0 Å². The van der Waals surface area contributed by atoms with Crippen LogP contribution in [0.5, 0.6) is 0 Å². The van der Waals surface area contributed by atoms with Crippen LogP contribution in [-0.4, -0.2) is 29.5 Å². The molecular formula is C14H22IN5S2. The first-order valence-corrected chi connectivity index (χ1v) is 8.64. The van der Waals surface area contributed by atoms with Gasteiger partial charge in [0.2, 0.25) is 0 Å². The van der Waals surface area contributed by atoms with E-state index in [9.17, 15) is 0 Å². The molecule has 0 amide bonds. The lowest BCUT2D eigenvalue weighted by atomic mass is 10.3. The van der Waals surface area contributed by atoms with Gasteiger partial charge in [0.15, 0.2) is 5.96 Å². The number of guanidine groups is 1. The summed E-state index contributed by atoms with van der Waals surface area (Å²) in [7, 11) is 1.78. The molecule has 2 heterocycles. The number of hydrogen-bond acceptors (Lipinski definition) is 5. The maximum absolute atomic E-state index is 4.46. The highest BCUT2D eigenvalue weighted by Gasteiger charge is 2.02. The average Bonchev–Trinajstić information content (AvgIpc) is 3.07. The maximum Gasteiger partial charge on any atom is 0.191 e. The van der Waals surface area contributed by atoms with E-state index in [0.717, 1.165) is 36.0 Å². The molecule has 0 saturated heterocycles. The minimum Gasteiger partial charge on any atom is -0.356 e. The monoisotopic (exact) mass is 451 g/mol. The molecule has 0 atom stereocenters. The zero-order valence-electron chi connectivity index (χ0n) is 13.0. The van der Waals surface area contributed by atoms with Crippen LogP contribution in [0.25, 0.3) is 0 Å². The third-order valence-corrected chi connectivity index (χ3v) is 4.77. The van der Waals surface area contributed by atoms with Gasteiger partial charge in [-0.25, -0.2) is 9.97 Å². The fourth-order valence-electron chi connectivity index (χ4n) is 1.83. The third kappa shape index (κ3) is 6.57. The number of aryl methyl sites for hydroxylation is 3. The number of aliphatic imine (C=N–C) groups is 1. The fraction of sp³-hybridized carbons (Fsp3) is 0.500. The minimum atomic E-state index is 0. The zero-order valence-corrected chi connectivity index (χ0v) is 17.0. The van der Waals surface area contributed by atoms with E-state index in [1.807, 2.05) is 13.1 Å². The first-order chi connectivity index (χ1) is 10.2. The van der Waals surface area contributed by atoms with Gasteiger partial charge in [-0.3, -0.25) is 4.99 Å². The number of nitrogens with zero attached hydrogens (tertiary/aromatic N) is 3. The van der Waals surface area contributed by atoms with E-state index in [1.54, 1.807) is 29.7 Å². The highest BCUT2D eigenvalue weighted by Crippen LogP contribution is 2.11. The number of aromatic nitrogens is 2. The summed E-state index contributed by atoms with van der Waals surface area (Å²) in [6.07, 6.45) is 3.95. The topological polar surface area (TPSA) is 62.2 Å². The van der Waals surface area contributed by atoms with E-state index in [4.69, 9.17) is 0 Å². The van der Waals surface area contributed by atoms with Crippen LogP contribution < -0.4 is 10.6 Å². The lowest BCUT2D eigenvalue weighted by Crippen LogP contribution is -2.37. The van der Waals surface area contributed by atoms with Crippen molar-refractivity contribution in [2.24, 2.45) is 4.99 Å². The van der Waals surface area contributed by atoms with Crippen molar-refractivity contribution in [3.05, 3.63) is 32.2 Å². The Balaban J connectivity index is 0.00000242. The fourth-order valence-corrected chi connectivity index (χ4v) is 3.37. The van der Waals surface area contributed by atoms with Crippen LogP contribution >= 0.6 is 46.7 Å². The second-order valence-corrected chi connectivity index (χ2v) is 6.97. The van der Waals surface area contributed by atoms with Crippen molar-refractivity contribution in [3.63, 3.8) is 0 Å². The van der Waals surface area contributed by atoms with Gasteiger partial charge in [0.1, 0.15) is 5.01 Å². The Bertz CT molecular complexity index is 594. The Hall–Kier alpha value is -0.740. The van der Waals surface area contributed by atoms with E-state index < -0.39 is 0 Å². The van der Waals surface area contributed by atoms with Gasteiger partial charge in [0.05, 0.1) is 11.6 Å². The second-order valence-electron chi connectivity index (χ2n) is 4.70. The Morgan fingerprint density at radius 1 is 1.27 bits per heavy atom. The largest absolute Gasteiger partial charge is 0.356 e. The minimum absolute atomic E-state index is 0. The lowest BCUT2D eigenvalue weighted by Gasteiger charge is -2.10. The summed E-state index contributed by atoms with van der Waals surface area (Å²) in [6.45, 7) is 5.69. The molecule has 0 aliphatic carbocycles. The molecule has 0 saturated carbocycles. The molecule has 0 spiro atoms. The third-order valence-electron chi connectivity index (χ3n) is 2.83. The molecule has 2 aromatic heterocycles. The number of thiazole rings is 2. The molecule has 0 bridgehead atoms. The second kappa shape index (κ2) is 10.1. The Kier molecular flexibility index (Phi) is 8.88. The first kappa shape index (κ1) is 19.3. The lowest BCUT2D eigenvalue weighted by molar-refractivity contribution is 0.738. The Labute approximate surface area is 156 Å². The summed E-state index contributed by atoms with van der Waals surface area (Å²) in [4.78, 5) is 14.2. The van der Waals surface area contributed by atoms with Crippen LogP contribution in [0.4, 0.5) is 0 Å². The summed E-state index contributed by atoms with van der Waals surface area (Å²) < 4.78 is 0. The zero-order chi connectivity index (χ0) is 15.1. The molecular weight excluding hydrogens is 429 g/mol. The highest BCUT2D eigenvalue weighted by atomic mass is 127. The molecule has 8 heteroatoms. The standard InChI is InChI=1S/C14H21N5S2.HI/c1-10-9-20-12(19-10)5-4-6-16-14(15-3)18-8-13-17-7-11(2)21-13;/h7,9H,4-6,8H2,1-3H3,(H2,15,16,18);1H. The van der Waals surface area contributed by atoms with Crippen molar-refractivity contribution in [1.82, 2.24) is 20.6 Å². The molecule has 2 aromatic rings. The van der Waals surface area contributed by atoms with Gasteiger partial charge in [0, 0.05) is 42.2 Å². The summed E-state index contributed by atoms with van der Waals surface area (Å²) in [5, 5.41) is 11.0. The van der Waals surface area contributed by atoms with Gasteiger partial charge in [-0.15, -0.1) is 46.7 Å². The van der Waals surface area contributed by atoms with Crippen molar-refractivity contribution >= 4 is 52.6 Å². The van der Waals surface area contributed by atoms with Crippen LogP contribution in [-0.2, 0) is 13.0 Å². The first-order valence-electron chi connectivity index (χ1n) is 6.94. The van der Waals surface area contributed by atoms with Crippen LogP contribution in [0, 0.1) is 13.8 Å². The number of hydrogen-bond donors (Lipinski definition) is 2. The molecule has 0 unspecified atom stereocenters. The van der Waals surface area contributed by atoms with E-state index in [2.05, 4.69) is 37.9 Å². The molecule has 2 N–H and O–H groups in total. The molecule has 22 heavy (non-hydrogen) atoms. The van der Waals surface area contributed by atoms with Gasteiger partial charge in [-0.05, 0) is 20.3 Å². The molecule has 0 aromatic carbocycles. The van der Waals surface area contributed by atoms with Crippen molar-refractivity contribution in [3.8, 4) is 0 Å². The SMILES string of the molecule is CN=C(NCCCc1nc(C)cs1)NCc1ncc(C)s1.I. The van der Waals surface area contributed by atoms with Gasteiger partial charge < -0.3 is 10.6 Å². The van der Waals surface area contributed by atoms with E-state index in [0.29, 0.717) is 6.54 Å². The molecule has 0 radical (unpaired) electrons. The predicted octanol–water partition coefficient (Wildman–Crippen LogP) is 3.13. The molecule has 122 valence electrons. The van der Waals surface area contributed by atoms with Crippen molar-refractivity contribution in [1.29, 1.82) is 0 Å².